The van der Waals surface area contributed by atoms with Crippen LogP contribution in [0.1, 0.15) is 33.6 Å². The molecular weight excluding hydrogens is 265 g/mol. The summed E-state index contributed by atoms with van der Waals surface area (Å²) < 4.78 is 36.7. The molecule has 0 saturated carbocycles. The summed E-state index contributed by atoms with van der Waals surface area (Å²) in [5.74, 6) is -1.02. The van der Waals surface area contributed by atoms with Crippen LogP contribution in [0.15, 0.2) is 0 Å². The van der Waals surface area contributed by atoms with Gasteiger partial charge in [-0.2, -0.15) is 13.2 Å². The van der Waals surface area contributed by atoms with Crippen LogP contribution in [-0.4, -0.2) is 46.8 Å². The van der Waals surface area contributed by atoms with Gasteiger partial charge in [0.2, 0.25) is 0 Å². The molecule has 0 aromatic rings. The molecule has 2 N–H and O–H groups in total. The van der Waals surface area contributed by atoms with Gasteiger partial charge in [0.25, 0.3) is 0 Å². The lowest BCUT2D eigenvalue weighted by molar-refractivity contribution is -0.139. The SMILES string of the molecule is CCN(CC(F)(F)F)C(=O)NC(C)(C)CCC(=O)O. The number of carbonyl (C=O) groups is 2. The molecule has 0 fully saturated rings. The number of nitrogens with one attached hydrogen (secondary N) is 1. The Morgan fingerprint density at radius 1 is 1.26 bits per heavy atom. The van der Waals surface area contributed by atoms with E-state index in [1.807, 2.05) is 0 Å². The number of amides is 2. The summed E-state index contributed by atoms with van der Waals surface area (Å²) in [6.45, 7) is 3.16. The van der Waals surface area contributed by atoms with Crippen LogP contribution in [0, 0.1) is 0 Å². The first-order chi connectivity index (χ1) is 8.47. The van der Waals surface area contributed by atoms with Crippen LogP contribution >= 0.6 is 0 Å². The predicted octanol–water partition coefficient (Wildman–Crippen LogP) is 2.22. The Kier molecular flexibility index (Phi) is 6.11. The van der Waals surface area contributed by atoms with Crippen LogP contribution in [0.5, 0.6) is 0 Å². The largest absolute Gasteiger partial charge is 0.481 e. The van der Waals surface area contributed by atoms with Crippen molar-refractivity contribution < 1.29 is 27.9 Å². The van der Waals surface area contributed by atoms with Crippen LogP contribution in [0.2, 0.25) is 0 Å². The van der Waals surface area contributed by atoms with Gasteiger partial charge in [0.05, 0.1) is 0 Å². The Morgan fingerprint density at radius 3 is 2.16 bits per heavy atom. The minimum atomic E-state index is -4.46. The van der Waals surface area contributed by atoms with Crippen LogP contribution in [-0.2, 0) is 4.79 Å². The quantitative estimate of drug-likeness (QED) is 0.785. The maximum absolute atomic E-state index is 12.2. The number of hydrogen-bond donors (Lipinski definition) is 2. The summed E-state index contributed by atoms with van der Waals surface area (Å²) in [4.78, 5) is 22.7. The smallest absolute Gasteiger partial charge is 0.406 e. The Morgan fingerprint density at radius 2 is 1.79 bits per heavy atom. The highest BCUT2D eigenvalue weighted by Gasteiger charge is 2.33. The molecule has 19 heavy (non-hydrogen) atoms. The van der Waals surface area contributed by atoms with Gasteiger partial charge in [-0.05, 0) is 27.2 Å². The molecule has 0 rings (SSSR count). The number of aliphatic carboxylic acids is 1. The van der Waals surface area contributed by atoms with Gasteiger partial charge < -0.3 is 15.3 Å². The van der Waals surface area contributed by atoms with E-state index < -0.39 is 30.3 Å². The summed E-state index contributed by atoms with van der Waals surface area (Å²) in [7, 11) is 0. The normalized spacial score (nSPS) is 12.1. The Hall–Kier alpha value is -1.47. The molecule has 112 valence electrons. The minimum Gasteiger partial charge on any atom is -0.481 e. The minimum absolute atomic E-state index is 0.0830. The number of alkyl halides is 3. The summed E-state index contributed by atoms with van der Waals surface area (Å²) in [5.41, 5.74) is -0.880. The van der Waals surface area contributed by atoms with E-state index >= 15 is 0 Å². The number of halogens is 3. The van der Waals surface area contributed by atoms with E-state index in [2.05, 4.69) is 5.32 Å². The zero-order chi connectivity index (χ0) is 15.3. The highest BCUT2D eigenvalue weighted by atomic mass is 19.4. The summed E-state index contributed by atoms with van der Waals surface area (Å²) >= 11 is 0. The van der Waals surface area contributed by atoms with E-state index in [1.165, 1.54) is 6.92 Å². The zero-order valence-electron chi connectivity index (χ0n) is 11.2. The number of carboxylic acid groups (broad SMARTS) is 1. The predicted molar refractivity (Wildman–Crippen MR) is 62.8 cm³/mol. The highest BCUT2D eigenvalue weighted by Crippen LogP contribution is 2.17. The molecule has 0 atom stereocenters. The van der Waals surface area contributed by atoms with Crippen molar-refractivity contribution >= 4 is 12.0 Å². The van der Waals surface area contributed by atoms with Gasteiger partial charge in [0, 0.05) is 18.5 Å². The molecule has 0 unspecified atom stereocenters. The van der Waals surface area contributed by atoms with Crippen molar-refractivity contribution in [3.8, 4) is 0 Å². The maximum Gasteiger partial charge on any atom is 0.406 e. The van der Waals surface area contributed by atoms with Gasteiger partial charge in [0.1, 0.15) is 6.54 Å². The van der Waals surface area contributed by atoms with Crippen molar-refractivity contribution in [3.05, 3.63) is 0 Å². The number of carbonyl (C=O) groups excluding carboxylic acids is 1. The number of hydrogen-bond acceptors (Lipinski definition) is 2. The number of carboxylic acids is 1. The Labute approximate surface area is 109 Å². The monoisotopic (exact) mass is 284 g/mol. The van der Waals surface area contributed by atoms with E-state index in [0.29, 0.717) is 4.90 Å². The lowest BCUT2D eigenvalue weighted by atomic mass is 9.99. The Balaban J connectivity index is 4.50. The van der Waals surface area contributed by atoms with Crippen molar-refractivity contribution in [2.75, 3.05) is 13.1 Å². The number of rotatable bonds is 6. The second kappa shape index (κ2) is 6.63. The van der Waals surface area contributed by atoms with Crippen molar-refractivity contribution in [3.63, 3.8) is 0 Å². The standard InChI is InChI=1S/C11H19F3N2O3/c1-4-16(7-11(12,13)14)9(19)15-10(2,3)6-5-8(17)18/h4-7H2,1-3H3,(H,15,19)(H,17,18). The molecular formula is C11H19F3N2O3. The summed E-state index contributed by atoms with van der Waals surface area (Å²) in [6, 6.07) is -0.852. The highest BCUT2D eigenvalue weighted by molar-refractivity contribution is 5.75. The molecule has 0 heterocycles. The zero-order valence-corrected chi connectivity index (χ0v) is 11.2. The lowest BCUT2D eigenvalue weighted by Gasteiger charge is -2.30. The van der Waals surface area contributed by atoms with Crippen molar-refractivity contribution in [2.45, 2.75) is 45.3 Å². The molecule has 0 radical (unpaired) electrons. The first-order valence-electron chi connectivity index (χ1n) is 5.82. The molecule has 8 heteroatoms. The lowest BCUT2D eigenvalue weighted by Crippen LogP contribution is -2.52. The molecule has 0 bridgehead atoms. The Bertz CT molecular complexity index is 330. The van der Waals surface area contributed by atoms with E-state index in [4.69, 9.17) is 5.11 Å². The fourth-order valence-corrected chi connectivity index (χ4v) is 1.39. The van der Waals surface area contributed by atoms with Crippen molar-refractivity contribution in [1.82, 2.24) is 10.2 Å². The summed E-state index contributed by atoms with van der Waals surface area (Å²) in [5, 5.41) is 11.0. The second-order valence-electron chi connectivity index (χ2n) is 4.84. The topological polar surface area (TPSA) is 69.6 Å². The first kappa shape index (κ1) is 17.5. The van der Waals surface area contributed by atoms with Crippen LogP contribution in [0.25, 0.3) is 0 Å². The molecule has 0 aliphatic carbocycles. The average Bonchev–Trinajstić information content (AvgIpc) is 2.21. The van der Waals surface area contributed by atoms with Crippen LogP contribution in [0.3, 0.4) is 0 Å². The molecule has 0 aliphatic heterocycles. The molecule has 0 aliphatic rings. The van der Waals surface area contributed by atoms with Crippen molar-refractivity contribution in [1.29, 1.82) is 0 Å². The fraction of sp³-hybridized carbons (Fsp3) is 0.818. The number of urea groups is 1. The molecule has 2 amide bonds. The van der Waals surface area contributed by atoms with Gasteiger partial charge in [-0.1, -0.05) is 0 Å². The van der Waals surface area contributed by atoms with E-state index in [9.17, 15) is 22.8 Å². The van der Waals surface area contributed by atoms with Crippen LogP contribution < -0.4 is 5.32 Å². The number of nitrogens with zero attached hydrogens (tertiary/aromatic N) is 1. The fourth-order valence-electron chi connectivity index (χ4n) is 1.39. The maximum atomic E-state index is 12.2. The van der Waals surface area contributed by atoms with Gasteiger partial charge in [-0.25, -0.2) is 4.79 Å². The first-order valence-corrected chi connectivity index (χ1v) is 5.82. The van der Waals surface area contributed by atoms with Crippen molar-refractivity contribution in [2.24, 2.45) is 0 Å². The molecule has 5 nitrogen and oxygen atoms in total. The van der Waals surface area contributed by atoms with E-state index in [0.717, 1.165) is 0 Å². The molecule has 0 saturated heterocycles. The second-order valence-corrected chi connectivity index (χ2v) is 4.84. The van der Waals surface area contributed by atoms with E-state index in [-0.39, 0.29) is 19.4 Å². The van der Waals surface area contributed by atoms with Gasteiger partial charge in [0.15, 0.2) is 0 Å². The molecule has 0 aromatic carbocycles. The third-order valence-electron chi connectivity index (χ3n) is 2.45. The van der Waals surface area contributed by atoms with E-state index in [1.54, 1.807) is 13.8 Å². The third-order valence-corrected chi connectivity index (χ3v) is 2.45. The third kappa shape index (κ3) is 8.28. The molecule has 0 aromatic heterocycles. The van der Waals surface area contributed by atoms with Gasteiger partial charge in [-0.15, -0.1) is 0 Å². The average molecular weight is 284 g/mol. The van der Waals surface area contributed by atoms with Crippen LogP contribution in [0.4, 0.5) is 18.0 Å². The van der Waals surface area contributed by atoms with Gasteiger partial charge in [-0.3, -0.25) is 4.79 Å². The summed E-state index contributed by atoms with van der Waals surface area (Å²) in [6.07, 6.45) is -4.49. The van der Waals surface area contributed by atoms with Gasteiger partial charge >= 0.3 is 18.2 Å². The molecule has 0 spiro atoms.